The predicted molar refractivity (Wildman–Crippen MR) is 37.7 cm³/mol. The van der Waals surface area contributed by atoms with Gasteiger partial charge in [-0.05, 0) is 6.07 Å². The third-order valence-electron chi connectivity index (χ3n) is 1.53. The molecule has 11 heavy (non-hydrogen) atoms. The Hall–Kier alpha value is -0.930. The zero-order valence-corrected chi connectivity index (χ0v) is 5.99. The number of rotatable bonds is 1. The summed E-state index contributed by atoms with van der Waals surface area (Å²) < 4.78 is 10.5. The Morgan fingerprint density at radius 1 is 1.45 bits per heavy atom. The normalized spacial score (nSPS) is 18.9. The van der Waals surface area contributed by atoms with Crippen molar-refractivity contribution in [3.8, 4) is 0 Å². The van der Waals surface area contributed by atoms with Crippen LogP contribution in [0.3, 0.4) is 0 Å². The summed E-state index contributed by atoms with van der Waals surface area (Å²) in [6.45, 7) is 1.34. The fraction of sp³-hybridized carbons (Fsp3) is 0.375. The van der Waals surface area contributed by atoms with Gasteiger partial charge in [-0.1, -0.05) is 6.07 Å². The molecule has 1 saturated heterocycles. The molecule has 3 nitrogen and oxygen atoms in total. The van der Waals surface area contributed by atoms with Crippen LogP contribution >= 0.6 is 0 Å². The summed E-state index contributed by atoms with van der Waals surface area (Å²) in [5, 5.41) is 0. The minimum Gasteiger partial charge on any atom is -0.346 e. The van der Waals surface area contributed by atoms with Crippen molar-refractivity contribution in [2.75, 3.05) is 13.2 Å². The molecular formula is C8H8NO2. The largest absolute Gasteiger partial charge is 0.346 e. The molecule has 1 fully saturated rings. The monoisotopic (exact) mass is 150 g/mol. The van der Waals surface area contributed by atoms with E-state index in [9.17, 15) is 0 Å². The highest BCUT2D eigenvalue weighted by molar-refractivity contribution is 5.09. The molecule has 0 amide bonds. The zero-order chi connectivity index (χ0) is 7.52. The van der Waals surface area contributed by atoms with Gasteiger partial charge in [0, 0.05) is 11.8 Å². The topological polar surface area (TPSA) is 31.4 Å². The molecule has 2 heterocycles. The second-order valence-corrected chi connectivity index (χ2v) is 2.29. The van der Waals surface area contributed by atoms with E-state index < -0.39 is 0 Å². The molecule has 1 aliphatic rings. The zero-order valence-electron chi connectivity index (χ0n) is 5.99. The van der Waals surface area contributed by atoms with Crippen LogP contribution in [-0.4, -0.2) is 18.2 Å². The summed E-state index contributed by atoms with van der Waals surface area (Å²) in [7, 11) is 0. The van der Waals surface area contributed by atoms with E-state index in [1.165, 1.54) is 0 Å². The molecule has 1 aliphatic heterocycles. The van der Waals surface area contributed by atoms with Crippen molar-refractivity contribution < 1.29 is 9.47 Å². The summed E-state index contributed by atoms with van der Waals surface area (Å²) in [4.78, 5) is 3.84. The van der Waals surface area contributed by atoms with E-state index in [0.717, 1.165) is 5.56 Å². The smallest absolute Gasteiger partial charge is 0.185 e. The highest BCUT2D eigenvalue weighted by atomic mass is 16.7. The molecule has 0 spiro atoms. The molecule has 57 valence electrons. The van der Waals surface area contributed by atoms with Crippen molar-refractivity contribution in [1.29, 1.82) is 0 Å². The number of hydrogen-bond donors (Lipinski definition) is 0. The molecule has 1 aromatic heterocycles. The lowest BCUT2D eigenvalue weighted by Crippen LogP contribution is -1.97. The molecule has 0 N–H and O–H groups in total. The van der Waals surface area contributed by atoms with E-state index in [2.05, 4.69) is 11.2 Å². The van der Waals surface area contributed by atoms with Crippen molar-refractivity contribution >= 4 is 0 Å². The van der Waals surface area contributed by atoms with Gasteiger partial charge >= 0.3 is 0 Å². The van der Waals surface area contributed by atoms with Gasteiger partial charge in [-0.2, -0.15) is 0 Å². The molecule has 0 unspecified atom stereocenters. The van der Waals surface area contributed by atoms with Crippen LogP contribution in [0.2, 0.25) is 0 Å². The van der Waals surface area contributed by atoms with Gasteiger partial charge in [0.05, 0.1) is 19.4 Å². The molecule has 1 aromatic rings. The lowest BCUT2D eigenvalue weighted by Gasteiger charge is -2.06. The summed E-state index contributed by atoms with van der Waals surface area (Å²) in [6, 6.07) is 3.64. The van der Waals surface area contributed by atoms with Crippen molar-refractivity contribution in [2.24, 2.45) is 0 Å². The highest BCUT2D eigenvalue weighted by Crippen LogP contribution is 2.21. The fourth-order valence-electron chi connectivity index (χ4n) is 1.02. The van der Waals surface area contributed by atoms with Crippen LogP contribution < -0.4 is 0 Å². The molecule has 2 rings (SSSR count). The van der Waals surface area contributed by atoms with E-state index in [1.807, 2.05) is 6.07 Å². The second kappa shape index (κ2) is 2.98. The van der Waals surface area contributed by atoms with Crippen LogP contribution in [0.4, 0.5) is 0 Å². The molecule has 1 radical (unpaired) electrons. The maximum atomic E-state index is 5.26. The Labute approximate surface area is 65.0 Å². The molecular weight excluding hydrogens is 142 g/mol. The molecule has 0 aromatic carbocycles. The van der Waals surface area contributed by atoms with Crippen molar-refractivity contribution in [1.82, 2.24) is 4.98 Å². The molecule has 3 heteroatoms. The van der Waals surface area contributed by atoms with Crippen LogP contribution in [0.5, 0.6) is 0 Å². The van der Waals surface area contributed by atoms with Crippen LogP contribution in [0, 0.1) is 6.20 Å². The van der Waals surface area contributed by atoms with Gasteiger partial charge in [0.15, 0.2) is 6.29 Å². The summed E-state index contributed by atoms with van der Waals surface area (Å²) >= 11 is 0. The van der Waals surface area contributed by atoms with E-state index in [0.29, 0.717) is 13.2 Å². The molecule has 0 saturated carbocycles. The average Bonchev–Trinajstić information content (AvgIpc) is 2.58. The first kappa shape index (κ1) is 6.76. The fourth-order valence-corrected chi connectivity index (χ4v) is 1.02. The minimum atomic E-state index is -0.211. The van der Waals surface area contributed by atoms with Crippen molar-refractivity contribution in [3.05, 3.63) is 30.1 Å². The van der Waals surface area contributed by atoms with E-state index in [-0.39, 0.29) is 6.29 Å². The lowest BCUT2D eigenvalue weighted by atomic mass is 10.3. The Morgan fingerprint density at radius 2 is 2.27 bits per heavy atom. The Balaban J connectivity index is 2.16. The predicted octanol–water partition coefficient (Wildman–Crippen LogP) is 0.927. The van der Waals surface area contributed by atoms with Gasteiger partial charge < -0.3 is 9.47 Å². The average molecular weight is 150 g/mol. The van der Waals surface area contributed by atoms with Gasteiger partial charge in [0.25, 0.3) is 0 Å². The SMILES string of the molecule is [c]1ccc(C2OCCO2)cn1. The number of aromatic nitrogens is 1. The first-order valence-corrected chi connectivity index (χ1v) is 3.52. The van der Waals surface area contributed by atoms with E-state index in [4.69, 9.17) is 9.47 Å². The summed E-state index contributed by atoms with van der Waals surface area (Å²) in [6.07, 6.45) is 4.19. The minimum absolute atomic E-state index is 0.211. The molecule has 0 aliphatic carbocycles. The van der Waals surface area contributed by atoms with E-state index in [1.54, 1.807) is 12.3 Å². The standard InChI is InChI=1S/C8H8NO2/c1-2-7(6-9-3-1)8-10-4-5-11-8/h1-2,6,8H,4-5H2. The first-order chi connectivity index (χ1) is 5.47. The Morgan fingerprint density at radius 3 is 2.91 bits per heavy atom. The molecule has 0 atom stereocenters. The van der Waals surface area contributed by atoms with Crippen LogP contribution in [0.25, 0.3) is 0 Å². The second-order valence-electron chi connectivity index (χ2n) is 2.29. The third kappa shape index (κ3) is 1.39. The van der Waals surface area contributed by atoms with Gasteiger partial charge in [-0.15, -0.1) is 0 Å². The molecule has 0 bridgehead atoms. The van der Waals surface area contributed by atoms with Gasteiger partial charge in [-0.3, -0.25) is 4.98 Å². The lowest BCUT2D eigenvalue weighted by molar-refractivity contribution is -0.0443. The van der Waals surface area contributed by atoms with Crippen molar-refractivity contribution in [2.45, 2.75) is 6.29 Å². The van der Waals surface area contributed by atoms with Crippen LogP contribution in [-0.2, 0) is 9.47 Å². The number of hydrogen-bond acceptors (Lipinski definition) is 3. The van der Waals surface area contributed by atoms with E-state index >= 15 is 0 Å². The van der Waals surface area contributed by atoms with Crippen LogP contribution in [0.15, 0.2) is 18.3 Å². The Kier molecular flexibility index (Phi) is 1.83. The van der Waals surface area contributed by atoms with Gasteiger partial charge in [-0.25, -0.2) is 0 Å². The summed E-state index contributed by atoms with van der Waals surface area (Å²) in [5.41, 5.74) is 0.959. The Bertz CT molecular complexity index is 219. The maximum Gasteiger partial charge on any atom is 0.185 e. The highest BCUT2D eigenvalue weighted by Gasteiger charge is 2.17. The third-order valence-corrected chi connectivity index (χ3v) is 1.53. The number of pyridine rings is 1. The van der Waals surface area contributed by atoms with Crippen molar-refractivity contribution in [3.63, 3.8) is 0 Å². The van der Waals surface area contributed by atoms with Crippen LogP contribution in [0.1, 0.15) is 11.9 Å². The maximum absolute atomic E-state index is 5.26. The first-order valence-electron chi connectivity index (χ1n) is 3.52. The number of ether oxygens (including phenoxy) is 2. The van der Waals surface area contributed by atoms with Gasteiger partial charge in [0.2, 0.25) is 0 Å². The number of nitrogens with zero attached hydrogens (tertiary/aromatic N) is 1. The van der Waals surface area contributed by atoms with Gasteiger partial charge in [0.1, 0.15) is 0 Å². The quantitative estimate of drug-likeness (QED) is 0.596. The summed E-state index contributed by atoms with van der Waals surface area (Å²) in [5.74, 6) is 0.